The molecule has 0 aromatic heterocycles. The van der Waals surface area contributed by atoms with Crippen molar-refractivity contribution in [2.24, 2.45) is 5.92 Å². The molecule has 23 heavy (non-hydrogen) atoms. The number of methoxy groups -OCH3 is 1. The number of fused-ring (bicyclic) bond motifs is 1. The maximum Gasteiger partial charge on any atom is 0.329 e. The molecule has 122 valence electrons. The lowest BCUT2D eigenvalue weighted by molar-refractivity contribution is -0.143. The van der Waals surface area contributed by atoms with Crippen molar-refractivity contribution < 1.29 is 14.3 Å². The van der Waals surface area contributed by atoms with Crippen molar-refractivity contribution in [3.8, 4) is 0 Å². The van der Waals surface area contributed by atoms with Gasteiger partial charge in [-0.25, -0.2) is 4.79 Å². The van der Waals surface area contributed by atoms with Crippen LogP contribution >= 0.6 is 0 Å². The number of allylic oxidation sites excluding steroid dienone is 2. The van der Waals surface area contributed by atoms with Gasteiger partial charge >= 0.3 is 5.97 Å². The average Bonchev–Trinajstić information content (AvgIpc) is 2.95. The fourth-order valence-electron chi connectivity index (χ4n) is 3.64. The number of amides is 1. The largest absolute Gasteiger partial charge is 0.467 e. The molecular weight excluding hydrogens is 290 g/mol. The van der Waals surface area contributed by atoms with Crippen LogP contribution in [0.25, 0.3) is 0 Å². The number of esters is 1. The van der Waals surface area contributed by atoms with Crippen LogP contribution in [0.3, 0.4) is 0 Å². The minimum absolute atomic E-state index is 0.0444. The van der Waals surface area contributed by atoms with E-state index < -0.39 is 6.04 Å². The van der Waals surface area contributed by atoms with E-state index in [0.29, 0.717) is 6.42 Å². The minimum atomic E-state index is -0.530. The van der Waals surface area contributed by atoms with Crippen LogP contribution in [-0.2, 0) is 20.7 Å². The van der Waals surface area contributed by atoms with Crippen molar-refractivity contribution >= 4 is 17.6 Å². The van der Waals surface area contributed by atoms with Gasteiger partial charge in [-0.05, 0) is 44.7 Å². The summed E-state index contributed by atoms with van der Waals surface area (Å²) in [5.74, 6) is -0.331. The first kappa shape index (κ1) is 15.8. The van der Waals surface area contributed by atoms with Crippen molar-refractivity contribution in [3.05, 3.63) is 41.0 Å². The maximum atomic E-state index is 13.1. The van der Waals surface area contributed by atoms with Crippen LogP contribution in [-0.4, -0.2) is 25.0 Å². The first-order valence-corrected chi connectivity index (χ1v) is 8.17. The molecular formula is C19H23NO3. The van der Waals surface area contributed by atoms with Crippen LogP contribution in [0.5, 0.6) is 0 Å². The van der Waals surface area contributed by atoms with Crippen molar-refractivity contribution in [3.63, 3.8) is 0 Å². The third-order valence-electron chi connectivity index (χ3n) is 5.18. The Hall–Kier alpha value is -2.10. The van der Waals surface area contributed by atoms with Gasteiger partial charge in [0.15, 0.2) is 0 Å². The van der Waals surface area contributed by atoms with E-state index in [-0.39, 0.29) is 17.8 Å². The summed E-state index contributed by atoms with van der Waals surface area (Å²) in [7, 11) is 1.38. The molecule has 0 unspecified atom stereocenters. The molecule has 1 aromatic rings. The van der Waals surface area contributed by atoms with Gasteiger partial charge < -0.3 is 4.74 Å². The second-order valence-corrected chi connectivity index (χ2v) is 6.58. The number of hydrogen-bond donors (Lipinski definition) is 0. The smallest absolute Gasteiger partial charge is 0.329 e. The number of ether oxygens (including phenoxy) is 1. The molecule has 0 fully saturated rings. The number of hydrogen-bond acceptors (Lipinski definition) is 3. The molecule has 3 rings (SSSR count). The van der Waals surface area contributed by atoms with E-state index in [1.807, 2.05) is 24.3 Å². The molecule has 1 aliphatic carbocycles. The molecule has 4 nitrogen and oxygen atoms in total. The quantitative estimate of drug-likeness (QED) is 0.622. The summed E-state index contributed by atoms with van der Waals surface area (Å²) in [5.41, 5.74) is 4.59. The zero-order valence-corrected chi connectivity index (χ0v) is 14.0. The van der Waals surface area contributed by atoms with E-state index in [1.165, 1.54) is 18.3 Å². The summed E-state index contributed by atoms with van der Waals surface area (Å²) >= 11 is 0. The van der Waals surface area contributed by atoms with Gasteiger partial charge in [0.2, 0.25) is 5.91 Å². The van der Waals surface area contributed by atoms with E-state index in [2.05, 4.69) is 13.8 Å². The van der Waals surface area contributed by atoms with Crippen LogP contribution < -0.4 is 4.90 Å². The Labute approximate surface area is 137 Å². The van der Waals surface area contributed by atoms with E-state index in [4.69, 9.17) is 4.74 Å². The molecule has 1 amide bonds. The molecule has 0 bridgehead atoms. The number of carbonyl (C=O) groups excluding carboxylic acids is 2. The van der Waals surface area contributed by atoms with Crippen LogP contribution in [0.4, 0.5) is 5.69 Å². The number of benzene rings is 1. The fraction of sp³-hybridized carbons (Fsp3) is 0.474. The van der Waals surface area contributed by atoms with Gasteiger partial charge in [-0.15, -0.1) is 0 Å². The molecule has 0 saturated heterocycles. The predicted molar refractivity (Wildman–Crippen MR) is 89.2 cm³/mol. The van der Waals surface area contributed by atoms with Crippen LogP contribution in [0.15, 0.2) is 35.4 Å². The molecule has 1 heterocycles. The van der Waals surface area contributed by atoms with Gasteiger partial charge in [-0.3, -0.25) is 9.69 Å². The zero-order chi connectivity index (χ0) is 16.6. The third kappa shape index (κ3) is 2.78. The summed E-state index contributed by atoms with van der Waals surface area (Å²) in [6.45, 7) is 4.24. The Kier molecular flexibility index (Phi) is 4.24. The van der Waals surface area contributed by atoms with Crippen molar-refractivity contribution in [2.75, 3.05) is 12.0 Å². The van der Waals surface area contributed by atoms with E-state index in [0.717, 1.165) is 30.5 Å². The topological polar surface area (TPSA) is 46.6 Å². The summed E-state index contributed by atoms with van der Waals surface area (Å²) in [4.78, 5) is 27.0. The SMILES string of the molecule is COC(=O)[C@@H]1Cc2ccccc2N1C(=O)[C@@H]1CCC(C)=C(C)C1. The molecule has 0 saturated carbocycles. The molecule has 1 aliphatic heterocycles. The Balaban J connectivity index is 1.91. The van der Waals surface area contributed by atoms with Crippen LogP contribution in [0, 0.1) is 5.92 Å². The minimum Gasteiger partial charge on any atom is -0.467 e. The van der Waals surface area contributed by atoms with Gasteiger partial charge in [0, 0.05) is 18.0 Å². The van der Waals surface area contributed by atoms with Gasteiger partial charge in [0.1, 0.15) is 6.04 Å². The highest BCUT2D eigenvalue weighted by atomic mass is 16.5. The zero-order valence-electron chi connectivity index (χ0n) is 14.0. The lowest BCUT2D eigenvalue weighted by atomic mass is 9.84. The highest BCUT2D eigenvalue weighted by Crippen LogP contribution is 2.37. The van der Waals surface area contributed by atoms with Gasteiger partial charge in [0.05, 0.1) is 7.11 Å². The maximum absolute atomic E-state index is 13.1. The van der Waals surface area contributed by atoms with Crippen LogP contribution in [0.1, 0.15) is 38.7 Å². The van der Waals surface area contributed by atoms with Crippen molar-refractivity contribution in [1.82, 2.24) is 0 Å². The summed E-state index contributed by atoms with van der Waals surface area (Å²) in [6.07, 6.45) is 3.14. The summed E-state index contributed by atoms with van der Waals surface area (Å²) < 4.78 is 4.93. The van der Waals surface area contributed by atoms with E-state index >= 15 is 0 Å². The summed E-state index contributed by atoms with van der Waals surface area (Å²) in [6, 6.07) is 7.23. The monoisotopic (exact) mass is 313 g/mol. The molecule has 2 aliphatic rings. The summed E-state index contributed by atoms with van der Waals surface area (Å²) in [5, 5.41) is 0. The van der Waals surface area contributed by atoms with Gasteiger partial charge in [0.25, 0.3) is 0 Å². The number of nitrogens with zero attached hydrogens (tertiary/aromatic N) is 1. The third-order valence-corrected chi connectivity index (χ3v) is 5.18. The lowest BCUT2D eigenvalue weighted by Crippen LogP contribution is -2.46. The van der Waals surface area contributed by atoms with Crippen molar-refractivity contribution in [2.45, 2.75) is 45.6 Å². The number of anilines is 1. The van der Waals surface area contributed by atoms with Crippen molar-refractivity contribution in [1.29, 1.82) is 0 Å². The van der Waals surface area contributed by atoms with Gasteiger partial charge in [-0.2, -0.15) is 0 Å². The Morgan fingerprint density at radius 2 is 1.87 bits per heavy atom. The second kappa shape index (κ2) is 6.19. The Morgan fingerprint density at radius 3 is 2.57 bits per heavy atom. The second-order valence-electron chi connectivity index (χ2n) is 6.58. The Morgan fingerprint density at radius 1 is 1.13 bits per heavy atom. The average molecular weight is 313 g/mol. The number of rotatable bonds is 2. The molecule has 0 N–H and O–H groups in total. The fourth-order valence-corrected chi connectivity index (χ4v) is 3.64. The molecule has 2 atom stereocenters. The molecule has 4 heteroatoms. The normalized spacial score (nSPS) is 23.7. The standard InChI is InChI=1S/C19H23NO3/c1-12-8-9-15(10-13(12)2)18(21)20-16-7-5-4-6-14(16)11-17(20)19(22)23-3/h4-7,15,17H,8-11H2,1-3H3/t15-,17+/m1/s1. The highest BCUT2D eigenvalue weighted by Gasteiger charge is 2.41. The molecule has 0 radical (unpaired) electrons. The van der Waals surface area contributed by atoms with E-state index in [9.17, 15) is 9.59 Å². The number of para-hydroxylation sites is 1. The number of carbonyl (C=O) groups is 2. The van der Waals surface area contributed by atoms with Crippen LogP contribution in [0.2, 0.25) is 0 Å². The van der Waals surface area contributed by atoms with E-state index in [1.54, 1.807) is 4.90 Å². The highest BCUT2D eigenvalue weighted by molar-refractivity contribution is 6.03. The molecule has 1 aromatic carbocycles. The Bertz CT molecular complexity index is 677. The van der Waals surface area contributed by atoms with Gasteiger partial charge in [-0.1, -0.05) is 29.3 Å². The first-order valence-electron chi connectivity index (χ1n) is 8.17. The first-order chi connectivity index (χ1) is 11.0. The molecule has 0 spiro atoms. The predicted octanol–water partition coefficient (Wildman–Crippen LogP) is 3.25. The lowest BCUT2D eigenvalue weighted by Gasteiger charge is -2.30.